The Kier molecular flexibility index (Phi) is 4.42. The van der Waals surface area contributed by atoms with Crippen LogP contribution in [-0.2, 0) is 0 Å². The van der Waals surface area contributed by atoms with E-state index in [-0.39, 0.29) is 5.82 Å². The van der Waals surface area contributed by atoms with Crippen molar-refractivity contribution < 1.29 is 4.39 Å². The quantitative estimate of drug-likeness (QED) is 0.808. The summed E-state index contributed by atoms with van der Waals surface area (Å²) in [4.78, 5) is 2.38. The van der Waals surface area contributed by atoms with Gasteiger partial charge in [0.1, 0.15) is 5.82 Å². The first-order valence-electron chi connectivity index (χ1n) is 6.62. The molecule has 1 atom stereocenters. The molecular weight excluding hydrogens is 229 g/mol. The van der Waals surface area contributed by atoms with Gasteiger partial charge in [-0.2, -0.15) is 0 Å². The second-order valence-electron chi connectivity index (χ2n) is 5.22. The largest absolute Gasteiger partial charge is 0.397 e. The lowest BCUT2D eigenvalue weighted by Gasteiger charge is -2.29. The van der Waals surface area contributed by atoms with Crippen molar-refractivity contribution in [2.75, 3.05) is 37.7 Å². The number of hydrogen-bond acceptors (Lipinski definition) is 3. The van der Waals surface area contributed by atoms with Crippen LogP contribution in [0.3, 0.4) is 0 Å². The van der Waals surface area contributed by atoms with Gasteiger partial charge in [0.25, 0.3) is 0 Å². The van der Waals surface area contributed by atoms with Crippen LogP contribution in [-0.4, -0.2) is 31.6 Å². The van der Waals surface area contributed by atoms with Gasteiger partial charge in [0.05, 0.1) is 11.4 Å². The number of nitrogen functional groups attached to an aromatic ring is 1. The highest BCUT2D eigenvalue weighted by molar-refractivity contribution is 5.65. The van der Waals surface area contributed by atoms with Gasteiger partial charge in [0.2, 0.25) is 0 Å². The van der Waals surface area contributed by atoms with Gasteiger partial charge >= 0.3 is 0 Å². The summed E-state index contributed by atoms with van der Waals surface area (Å²) < 4.78 is 13.1. The molecule has 1 fully saturated rings. The molecule has 1 unspecified atom stereocenters. The van der Waals surface area contributed by atoms with Crippen LogP contribution in [0, 0.1) is 11.7 Å². The molecule has 2 rings (SSSR count). The lowest BCUT2D eigenvalue weighted by atomic mass is 9.95. The highest BCUT2D eigenvalue weighted by Gasteiger charge is 2.16. The van der Waals surface area contributed by atoms with E-state index in [0.29, 0.717) is 11.4 Å². The number of nitrogens with one attached hydrogen (secondary N) is 1. The fourth-order valence-electron chi connectivity index (χ4n) is 2.60. The highest BCUT2D eigenvalue weighted by Crippen LogP contribution is 2.21. The zero-order valence-electron chi connectivity index (χ0n) is 11.0. The molecule has 3 nitrogen and oxygen atoms in total. The molecule has 100 valence electrons. The number of piperidine rings is 1. The first-order chi connectivity index (χ1) is 8.65. The summed E-state index contributed by atoms with van der Waals surface area (Å²) in [6.45, 7) is 3.23. The zero-order valence-corrected chi connectivity index (χ0v) is 11.0. The van der Waals surface area contributed by atoms with Gasteiger partial charge in [-0.3, -0.25) is 0 Å². The van der Waals surface area contributed by atoms with Gasteiger partial charge in [-0.05, 0) is 57.0 Å². The Bertz CT molecular complexity index is 395. The molecular formula is C14H22FN3. The van der Waals surface area contributed by atoms with Crippen molar-refractivity contribution in [1.82, 2.24) is 4.90 Å². The lowest BCUT2D eigenvalue weighted by Crippen LogP contribution is -2.32. The minimum Gasteiger partial charge on any atom is -0.397 e. The summed E-state index contributed by atoms with van der Waals surface area (Å²) in [5.41, 5.74) is 7.11. The summed E-state index contributed by atoms with van der Waals surface area (Å²) >= 11 is 0. The smallest absolute Gasteiger partial charge is 0.125 e. The van der Waals surface area contributed by atoms with Crippen LogP contribution in [0.4, 0.5) is 15.8 Å². The predicted octanol–water partition coefficient (Wildman–Crippen LogP) is 2.55. The van der Waals surface area contributed by atoms with Crippen LogP contribution in [0.5, 0.6) is 0 Å². The molecule has 0 bridgehead atoms. The Morgan fingerprint density at radius 1 is 1.50 bits per heavy atom. The molecule has 3 N–H and O–H groups in total. The standard InChI is InChI=1S/C14H22FN3/c1-18-8-2-3-11(10-18)6-7-17-14-9-12(15)4-5-13(14)16/h4-5,9,11,17H,2-3,6-8,10,16H2,1H3. The third kappa shape index (κ3) is 3.60. The van der Waals surface area contributed by atoms with Crippen molar-refractivity contribution in [3.8, 4) is 0 Å². The van der Waals surface area contributed by atoms with Gasteiger partial charge in [-0.25, -0.2) is 4.39 Å². The summed E-state index contributed by atoms with van der Waals surface area (Å²) in [5.74, 6) is 0.495. The molecule has 1 saturated heterocycles. The molecule has 1 aliphatic heterocycles. The number of nitrogens with zero attached hydrogens (tertiary/aromatic N) is 1. The van der Waals surface area contributed by atoms with Crippen LogP contribution in [0.25, 0.3) is 0 Å². The average molecular weight is 251 g/mol. The van der Waals surface area contributed by atoms with E-state index in [1.807, 2.05) is 0 Å². The second-order valence-corrected chi connectivity index (χ2v) is 5.22. The SMILES string of the molecule is CN1CCCC(CCNc2cc(F)ccc2N)C1. The maximum absolute atomic E-state index is 13.1. The van der Waals surface area contributed by atoms with E-state index in [0.717, 1.165) is 18.9 Å². The van der Waals surface area contributed by atoms with Gasteiger partial charge in [0, 0.05) is 13.1 Å². The number of benzene rings is 1. The van der Waals surface area contributed by atoms with E-state index in [1.165, 1.54) is 38.1 Å². The van der Waals surface area contributed by atoms with Crippen molar-refractivity contribution >= 4 is 11.4 Å². The molecule has 1 aromatic carbocycles. The van der Waals surface area contributed by atoms with Crippen LogP contribution < -0.4 is 11.1 Å². The third-order valence-corrected chi connectivity index (χ3v) is 3.61. The number of rotatable bonds is 4. The molecule has 1 heterocycles. The normalized spacial score (nSPS) is 20.9. The molecule has 0 radical (unpaired) electrons. The molecule has 0 amide bonds. The summed E-state index contributed by atoms with van der Waals surface area (Å²) in [6, 6.07) is 4.45. The van der Waals surface area contributed by atoms with E-state index in [1.54, 1.807) is 6.07 Å². The molecule has 4 heteroatoms. The lowest BCUT2D eigenvalue weighted by molar-refractivity contribution is 0.205. The van der Waals surface area contributed by atoms with Gasteiger partial charge < -0.3 is 16.0 Å². The summed E-state index contributed by atoms with van der Waals surface area (Å²) in [6.07, 6.45) is 3.69. The Hall–Kier alpha value is -1.29. The van der Waals surface area contributed by atoms with Crippen molar-refractivity contribution in [3.05, 3.63) is 24.0 Å². The minimum atomic E-state index is -0.246. The number of anilines is 2. The monoisotopic (exact) mass is 251 g/mol. The van der Waals surface area contributed by atoms with E-state index in [2.05, 4.69) is 17.3 Å². The summed E-state index contributed by atoms with van der Waals surface area (Å²) in [5, 5.41) is 3.23. The van der Waals surface area contributed by atoms with E-state index < -0.39 is 0 Å². The Morgan fingerprint density at radius 3 is 3.11 bits per heavy atom. The number of hydrogen-bond donors (Lipinski definition) is 2. The van der Waals surface area contributed by atoms with Crippen LogP contribution in [0.1, 0.15) is 19.3 Å². The maximum Gasteiger partial charge on any atom is 0.125 e. The number of halogens is 1. The van der Waals surface area contributed by atoms with E-state index in [9.17, 15) is 4.39 Å². The van der Waals surface area contributed by atoms with Crippen molar-refractivity contribution in [2.24, 2.45) is 5.92 Å². The number of nitrogens with two attached hydrogens (primary N) is 1. The number of likely N-dealkylation sites (tertiary alicyclic amines) is 1. The molecule has 1 aliphatic rings. The molecule has 0 saturated carbocycles. The average Bonchev–Trinajstić information content (AvgIpc) is 2.34. The van der Waals surface area contributed by atoms with Gasteiger partial charge in [-0.15, -0.1) is 0 Å². The van der Waals surface area contributed by atoms with Crippen molar-refractivity contribution in [3.63, 3.8) is 0 Å². The van der Waals surface area contributed by atoms with Crippen LogP contribution in [0.2, 0.25) is 0 Å². The topological polar surface area (TPSA) is 41.3 Å². The van der Waals surface area contributed by atoms with Crippen LogP contribution in [0.15, 0.2) is 18.2 Å². The fourth-order valence-corrected chi connectivity index (χ4v) is 2.60. The van der Waals surface area contributed by atoms with Crippen LogP contribution >= 0.6 is 0 Å². The first kappa shape index (κ1) is 13.1. The zero-order chi connectivity index (χ0) is 13.0. The Balaban J connectivity index is 1.79. The van der Waals surface area contributed by atoms with Crippen molar-refractivity contribution in [1.29, 1.82) is 0 Å². The highest BCUT2D eigenvalue weighted by atomic mass is 19.1. The van der Waals surface area contributed by atoms with Crippen molar-refractivity contribution in [2.45, 2.75) is 19.3 Å². The second kappa shape index (κ2) is 6.05. The Morgan fingerprint density at radius 2 is 2.33 bits per heavy atom. The predicted molar refractivity (Wildman–Crippen MR) is 74.1 cm³/mol. The first-order valence-corrected chi connectivity index (χ1v) is 6.62. The molecule has 1 aromatic rings. The van der Waals surface area contributed by atoms with Gasteiger partial charge in [-0.1, -0.05) is 0 Å². The molecule has 0 aromatic heterocycles. The van der Waals surface area contributed by atoms with E-state index >= 15 is 0 Å². The van der Waals surface area contributed by atoms with E-state index in [4.69, 9.17) is 5.73 Å². The minimum absolute atomic E-state index is 0.246. The van der Waals surface area contributed by atoms with Gasteiger partial charge in [0.15, 0.2) is 0 Å². The molecule has 0 aliphatic carbocycles. The summed E-state index contributed by atoms with van der Waals surface area (Å²) in [7, 11) is 2.17. The fraction of sp³-hybridized carbons (Fsp3) is 0.571. The molecule has 18 heavy (non-hydrogen) atoms. The Labute approximate surface area is 108 Å². The third-order valence-electron chi connectivity index (χ3n) is 3.61. The maximum atomic E-state index is 13.1. The molecule has 0 spiro atoms.